The molecule has 3 aromatic rings. The van der Waals surface area contributed by atoms with E-state index in [4.69, 9.17) is 9.47 Å². The Kier molecular flexibility index (Phi) is 4.39. The number of thiazole rings is 1. The van der Waals surface area contributed by atoms with Gasteiger partial charge in [0.1, 0.15) is 21.7 Å². The van der Waals surface area contributed by atoms with E-state index in [1.807, 2.05) is 19.9 Å². The highest BCUT2D eigenvalue weighted by Crippen LogP contribution is 2.38. The summed E-state index contributed by atoms with van der Waals surface area (Å²) in [6, 6.07) is 5.36. The van der Waals surface area contributed by atoms with Gasteiger partial charge < -0.3 is 9.47 Å². The average molecular weight is 346 g/mol. The molecule has 1 amide bonds. The summed E-state index contributed by atoms with van der Waals surface area (Å²) in [7, 11) is 3.18. The Morgan fingerprint density at radius 3 is 2.62 bits per heavy atom. The molecule has 2 heterocycles. The summed E-state index contributed by atoms with van der Waals surface area (Å²) in [4.78, 5) is 16.9. The summed E-state index contributed by atoms with van der Waals surface area (Å²) < 4.78 is 13.3. The van der Waals surface area contributed by atoms with Gasteiger partial charge in [0, 0.05) is 12.2 Å². The van der Waals surface area contributed by atoms with E-state index in [9.17, 15) is 4.79 Å². The predicted octanol–water partition coefficient (Wildman–Crippen LogP) is 3.09. The summed E-state index contributed by atoms with van der Waals surface area (Å²) in [5.41, 5.74) is 1.97. The molecule has 1 aromatic carbocycles. The van der Waals surface area contributed by atoms with Gasteiger partial charge in [-0.1, -0.05) is 11.3 Å². The summed E-state index contributed by atoms with van der Waals surface area (Å²) in [5, 5.41) is 7.55. The third-order valence-corrected chi connectivity index (χ3v) is 4.63. The van der Waals surface area contributed by atoms with Gasteiger partial charge >= 0.3 is 0 Å². The van der Waals surface area contributed by atoms with Gasteiger partial charge in [0.2, 0.25) is 0 Å². The predicted molar refractivity (Wildman–Crippen MR) is 93.3 cm³/mol. The number of nitrogens with zero attached hydrogens (tertiary/aromatic N) is 3. The van der Waals surface area contributed by atoms with E-state index >= 15 is 0 Å². The molecule has 0 fully saturated rings. The minimum atomic E-state index is -0.290. The van der Waals surface area contributed by atoms with Gasteiger partial charge in [0.05, 0.1) is 14.2 Å². The average Bonchev–Trinajstić information content (AvgIpc) is 3.16. The number of anilines is 1. The second-order valence-corrected chi connectivity index (χ2v) is 6.11. The van der Waals surface area contributed by atoms with Crippen LogP contribution in [0, 0.1) is 6.92 Å². The third kappa shape index (κ3) is 2.80. The first-order chi connectivity index (χ1) is 11.6. The molecule has 0 aliphatic heterocycles. The van der Waals surface area contributed by atoms with Crippen molar-refractivity contribution in [3.63, 3.8) is 0 Å². The molecule has 2 aromatic heterocycles. The number of aryl methyl sites for hydroxylation is 2. The lowest BCUT2D eigenvalue weighted by molar-refractivity contribution is 0.102. The first-order valence-corrected chi connectivity index (χ1v) is 8.26. The molecule has 24 heavy (non-hydrogen) atoms. The molecule has 0 atom stereocenters. The van der Waals surface area contributed by atoms with Crippen molar-refractivity contribution < 1.29 is 14.3 Å². The van der Waals surface area contributed by atoms with Gasteiger partial charge in [-0.15, -0.1) is 0 Å². The molecule has 0 radical (unpaired) electrons. The zero-order valence-electron chi connectivity index (χ0n) is 13.9. The minimum Gasteiger partial charge on any atom is -0.495 e. The van der Waals surface area contributed by atoms with Gasteiger partial charge in [-0.05, 0) is 32.0 Å². The smallest absolute Gasteiger partial charge is 0.277 e. The maximum absolute atomic E-state index is 12.4. The van der Waals surface area contributed by atoms with Crippen LogP contribution in [0.5, 0.6) is 11.5 Å². The van der Waals surface area contributed by atoms with E-state index in [0.717, 1.165) is 10.4 Å². The molecular formula is C16H18N4O3S. The zero-order valence-corrected chi connectivity index (χ0v) is 14.7. The molecule has 7 nitrogen and oxygen atoms in total. The van der Waals surface area contributed by atoms with Crippen LogP contribution < -0.4 is 14.8 Å². The van der Waals surface area contributed by atoms with Crippen molar-refractivity contribution in [3.05, 3.63) is 29.6 Å². The van der Waals surface area contributed by atoms with Crippen LogP contribution in [0.3, 0.4) is 0 Å². The van der Waals surface area contributed by atoms with Crippen LogP contribution in [0.25, 0.3) is 10.2 Å². The Morgan fingerprint density at radius 2 is 2.00 bits per heavy atom. The Labute approximate surface area is 143 Å². The van der Waals surface area contributed by atoms with Crippen molar-refractivity contribution in [3.8, 4) is 11.5 Å². The topological polar surface area (TPSA) is 78.3 Å². The third-order valence-electron chi connectivity index (χ3n) is 3.64. The van der Waals surface area contributed by atoms with Crippen molar-refractivity contribution in [2.24, 2.45) is 0 Å². The molecule has 0 aliphatic rings. The fourth-order valence-corrected chi connectivity index (χ4v) is 3.41. The normalized spacial score (nSPS) is 10.8. The number of ether oxygens (including phenoxy) is 2. The van der Waals surface area contributed by atoms with Gasteiger partial charge in [-0.2, -0.15) is 5.10 Å². The molecule has 0 saturated heterocycles. The second-order valence-electron chi connectivity index (χ2n) is 5.11. The van der Waals surface area contributed by atoms with E-state index in [1.165, 1.54) is 11.3 Å². The first kappa shape index (κ1) is 16.3. The highest BCUT2D eigenvalue weighted by atomic mass is 32.1. The van der Waals surface area contributed by atoms with Gasteiger partial charge in [-0.25, -0.2) is 4.98 Å². The zero-order chi connectivity index (χ0) is 17.3. The Hall–Kier alpha value is -2.61. The van der Waals surface area contributed by atoms with Crippen LogP contribution >= 0.6 is 11.3 Å². The van der Waals surface area contributed by atoms with Gasteiger partial charge in [-0.3, -0.25) is 14.8 Å². The summed E-state index contributed by atoms with van der Waals surface area (Å²) in [6.45, 7) is 4.61. The number of carbonyl (C=O) groups is 1. The summed E-state index contributed by atoms with van der Waals surface area (Å²) in [5.74, 6) is 1.03. The molecule has 0 saturated carbocycles. The van der Waals surface area contributed by atoms with Crippen molar-refractivity contribution in [2.75, 3.05) is 19.5 Å². The number of nitrogens with one attached hydrogen (secondary N) is 1. The lowest BCUT2D eigenvalue weighted by atomic mass is 10.3. The second kappa shape index (κ2) is 6.48. The maximum atomic E-state index is 12.4. The molecular weight excluding hydrogens is 328 g/mol. The largest absolute Gasteiger partial charge is 0.495 e. The van der Waals surface area contributed by atoms with Crippen LogP contribution in [0.4, 0.5) is 5.13 Å². The molecule has 126 valence electrons. The number of methoxy groups -OCH3 is 2. The monoisotopic (exact) mass is 346 g/mol. The minimum absolute atomic E-state index is 0.290. The van der Waals surface area contributed by atoms with Crippen molar-refractivity contribution >= 4 is 32.6 Å². The number of hydrogen-bond donors (Lipinski definition) is 1. The quantitative estimate of drug-likeness (QED) is 0.768. The molecule has 3 rings (SSSR count). The van der Waals surface area contributed by atoms with E-state index in [0.29, 0.717) is 34.4 Å². The molecule has 0 unspecified atom stereocenters. The number of aromatic nitrogens is 3. The number of carbonyl (C=O) groups excluding carboxylic acids is 1. The van der Waals surface area contributed by atoms with Crippen molar-refractivity contribution in [1.82, 2.24) is 14.8 Å². The van der Waals surface area contributed by atoms with Crippen molar-refractivity contribution in [2.45, 2.75) is 20.4 Å². The number of rotatable bonds is 5. The lowest BCUT2D eigenvalue weighted by Crippen LogP contribution is -2.13. The van der Waals surface area contributed by atoms with E-state index in [2.05, 4.69) is 15.4 Å². The fourth-order valence-electron chi connectivity index (χ4n) is 2.44. The number of benzene rings is 1. The van der Waals surface area contributed by atoms with Crippen LogP contribution in [-0.4, -0.2) is 34.9 Å². The number of hydrogen-bond acceptors (Lipinski definition) is 6. The number of amides is 1. The highest BCUT2D eigenvalue weighted by Gasteiger charge is 2.17. The Morgan fingerprint density at radius 1 is 1.29 bits per heavy atom. The van der Waals surface area contributed by atoms with Crippen LogP contribution in [-0.2, 0) is 6.54 Å². The van der Waals surface area contributed by atoms with Crippen LogP contribution in [0.2, 0.25) is 0 Å². The summed E-state index contributed by atoms with van der Waals surface area (Å²) in [6.07, 6.45) is 0. The van der Waals surface area contributed by atoms with Crippen LogP contribution in [0.1, 0.15) is 23.1 Å². The molecule has 1 N–H and O–H groups in total. The summed E-state index contributed by atoms with van der Waals surface area (Å²) >= 11 is 1.34. The number of fused-ring (bicyclic) bond motifs is 1. The van der Waals surface area contributed by atoms with E-state index in [1.54, 1.807) is 31.0 Å². The van der Waals surface area contributed by atoms with Crippen molar-refractivity contribution in [1.29, 1.82) is 0 Å². The molecule has 0 aliphatic carbocycles. The first-order valence-electron chi connectivity index (χ1n) is 7.44. The fraction of sp³-hybridized carbons (Fsp3) is 0.312. The molecule has 8 heteroatoms. The van der Waals surface area contributed by atoms with E-state index < -0.39 is 0 Å². The Bertz CT molecular complexity index is 859. The standard InChI is InChI=1S/C16H18N4O3S/c1-5-20-9(2)8-10(19-20)15(21)18-16-17-13-11(22-3)6-7-12(23-4)14(13)24-16/h6-8H,5H2,1-4H3,(H,17,18,21). The van der Waals surface area contributed by atoms with Gasteiger partial charge in [0.15, 0.2) is 10.8 Å². The Balaban J connectivity index is 1.93. The van der Waals surface area contributed by atoms with Gasteiger partial charge in [0.25, 0.3) is 5.91 Å². The maximum Gasteiger partial charge on any atom is 0.277 e. The molecule has 0 bridgehead atoms. The lowest BCUT2D eigenvalue weighted by Gasteiger charge is -2.03. The SMILES string of the molecule is CCn1nc(C(=O)Nc2nc3c(OC)ccc(OC)c3s2)cc1C. The van der Waals surface area contributed by atoms with Crippen LogP contribution in [0.15, 0.2) is 18.2 Å². The molecule has 0 spiro atoms. The highest BCUT2D eigenvalue weighted by molar-refractivity contribution is 7.22. The van der Waals surface area contributed by atoms with E-state index in [-0.39, 0.29) is 5.91 Å².